The molecule has 0 saturated carbocycles. The summed E-state index contributed by atoms with van der Waals surface area (Å²) in [5.74, 6) is 0. The number of halogens is 1. The number of aromatic nitrogens is 2. The van der Waals surface area contributed by atoms with Crippen molar-refractivity contribution in [2.45, 2.75) is 6.04 Å². The zero-order valence-electron chi connectivity index (χ0n) is 8.89. The minimum Gasteiger partial charge on any atom is -0.308 e. The van der Waals surface area contributed by atoms with Crippen LogP contribution in [0.25, 0.3) is 0 Å². The van der Waals surface area contributed by atoms with Gasteiger partial charge in [0.05, 0.1) is 16.8 Å². The molecule has 2 aromatic heterocycles. The van der Waals surface area contributed by atoms with Crippen LogP contribution in [0.2, 0.25) is 5.02 Å². The van der Waals surface area contributed by atoms with Crippen molar-refractivity contribution in [3.05, 3.63) is 59.1 Å². The topological polar surface area (TPSA) is 37.8 Å². The second kappa shape index (κ2) is 5.05. The van der Waals surface area contributed by atoms with Crippen molar-refractivity contribution < 1.29 is 0 Å². The van der Waals surface area contributed by atoms with Crippen LogP contribution >= 0.6 is 11.6 Å². The fourth-order valence-corrected chi connectivity index (χ4v) is 1.70. The third-order valence-corrected chi connectivity index (χ3v) is 2.58. The van der Waals surface area contributed by atoms with E-state index in [1.807, 2.05) is 37.5 Å². The highest BCUT2D eigenvalue weighted by Crippen LogP contribution is 2.19. The van der Waals surface area contributed by atoms with E-state index in [1.54, 1.807) is 12.4 Å². The molecule has 2 rings (SSSR count). The molecule has 0 amide bonds. The predicted molar refractivity (Wildman–Crippen MR) is 64.4 cm³/mol. The van der Waals surface area contributed by atoms with Gasteiger partial charge in [-0.15, -0.1) is 0 Å². The molecule has 16 heavy (non-hydrogen) atoms. The van der Waals surface area contributed by atoms with E-state index in [2.05, 4.69) is 15.3 Å². The van der Waals surface area contributed by atoms with Crippen molar-refractivity contribution in [1.82, 2.24) is 15.3 Å². The number of pyridine rings is 2. The van der Waals surface area contributed by atoms with Gasteiger partial charge in [-0.05, 0) is 30.8 Å². The Morgan fingerprint density at radius 3 is 2.69 bits per heavy atom. The second-order valence-corrected chi connectivity index (χ2v) is 3.85. The minimum atomic E-state index is 0.0472. The Hall–Kier alpha value is -1.45. The maximum atomic E-state index is 5.81. The Morgan fingerprint density at radius 2 is 2.12 bits per heavy atom. The van der Waals surface area contributed by atoms with E-state index in [1.165, 1.54) is 0 Å². The molecule has 0 radical (unpaired) electrons. The molecule has 0 saturated heterocycles. The SMILES string of the molecule is CNC(c1cccnc1)c1ccc(Cl)cn1. The zero-order valence-corrected chi connectivity index (χ0v) is 9.65. The maximum Gasteiger partial charge on any atom is 0.0763 e. The summed E-state index contributed by atoms with van der Waals surface area (Å²) < 4.78 is 0. The lowest BCUT2D eigenvalue weighted by molar-refractivity contribution is 0.668. The lowest BCUT2D eigenvalue weighted by atomic mass is 10.1. The average Bonchev–Trinajstić information content (AvgIpc) is 2.34. The molecule has 1 atom stereocenters. The van der Waals surface area contributed by atoms with Crippen LogP contribution in [0.15, 0.2) is 42.9 Å². The number of nitrogens with zero attached hydrogens (tertiary/aromatic N) is 2. The van der Waals surface area contributed by atoms with E-state index in [-0.39, 0.29) is 6.04 Å². The Morgan fingerprint density at radius 1 is 1.25 bits per heavy atom. The zero-order chi connectivity index (χ0) is 11.4. The monoisotopic (exact) mass is 233 g/mol. The average molecular weight is 234 g/mol. The first-order valence-corrected chi connectivity index (χ1v) is 5.37. The predicted octanol–water partition coefficient (Wildman–Crippen LogP) is 2.44. The molecular weight excluding hydrogens is 222 g/mol. The normalized spacial score (nSPS) is 12.4. The second-order valence-electron chi connectivity index (χ2n) is 3.41. The van der Waals surface area contributed by atoms with Crippen LogP contribution in [0.4, 0.5) is 0 Å². The molecule has 0 fully saturated rings. The largest absolute Gasteiger partial charge is 0.308 e. The summed E-state index contributed by atoms with van der Waals surface area (Å²) in [4.78, 5) is 8.41. The van der Waals surface area contributed by atoms with Gasteiger partial charge in [0, 0.05) is 18.6 Å². The molecule has 0 aromatic carbocycles. The van der Waals surface area contributed by atoms with Crippen molar-refractivity contribution in [2.75, 3.05) is 7.05 Å². The summed E-state index contributed by atoms with van der Waals surface area (Å²) in [7, 11) is 1.90. The van der Waals surface area contributed by atoms with Crippen LogP contribution < -0.4 is 5.32 Å². The van der Waals surface area contributed by atoms with Gasteiger partial charge in [0.25, 0.3) is 0 Å². The Kier molecular flexibility index (Phi) is 3.49. The van der Waals surface area contributed by atoms with E-state index < -0.39 is 0 Å². The van der Waals surface area contributed by atoms with Crippen LogP contribution in [-0.2, 0) is 0 Å². The first-order valence-electron chi connectivity index (χ1n) is 5.00. The first kappa shape index (κ1) is 11.0. The fourth-order valence-electron chi connectivity index (χ4n) is 1.59. The van der Waals surface area contributed by atoms with E-state index in [0.29, 0.717) is 5.02 Å². The van der Waals surface area contributed by atoms with Gasteiger partial charge < -0.3 is 5.32 Å². The van der Waals surface area contributed by atoms with E-state index in [4.69, 9.17) is 11.6 Å². The molecule has 0 aliphatic heterocycles. The maximum absolute atomic E-state index is 5.81. The van der Waals surface area contributed by atoms with Gasteiger partial charge in [-0.25, -0.2) is 0 Å². The molecular formula is C12H12ClN3. The molecule has 3 nitrogen and oxygen atoms in total. The van der Waals surface area contributed by atoms with Crippen molar-refractivity contribution in [3.63, 3.8) is 0 Å². The molecule has 1 unspecified atom stereocenters. The Bertz CT molecular complexity index is 442. The summed E-state index contributed by atoms with van der Waals surface area (Å²) in [6.07, 6.45) is 5.24. The molecule has 82 valence electrons. The van der Waals surface area contributed by atoms with Gasteiger partial charge in [0.1, 0.15) is 0 Å². The summed E-state index contributed by atoms with van der Waals surface area (Å²) >= 11 is 5.81. The molecule has 2 aromatic rings. The van der Waals surface area contributed by atoms with Gasteiger partial charge in [0.2, 0.25) is 0 Å². The summed E-state index contributed by atoms with van der Waals surface area (Å²) in [6, 6.07) is 7.73. The standard InChI is InChI=1S/C12H12ClN3/c1-14-12(9-3-2-6-15-7-9)11-5-4-10(13)8-16-11/h2-8,12,14H,1H3. The number of hydrogen-bond acceptors (Lipinski definition) is 3. The summed E-state index contributed by atoms with van der Waals surface area (Å²) in [6.45, 7) is 0. The van der Waals surface area contributed by atoms with Crippen LogP contribution in [-0.4, -0.2) is 17.0 Å². The highest BCUT2D eigenvalue weighted by Gasteiger charge is 2.12. The molecule has 0 spiro atoms. The number of rotatable bonds is 3. The third-order valence-electron chi connectivity index (χ3n) is 2.35. The quantitative estimate of drug-likeness (QED) is 0.885. The first-order chi connectivity index (χ1) is 7.81. The molecule has 2 heterocycles. The van der Waals surface area contributed by atoms with Crippen molar-refractivity contribution in [3.8, 4) is 0 Å². The molecule has 0 aliphatic carbocycles. The van der Waals surface area contributed by atoms with Gasteiger partial charge in [-0.1, -0.05) is 17.7 Å². The Balaban J connectivity index is 2.33. The fraction of sp³-hybridized carbons (Fsp3) is 0.167. The highest BCUT2D eigenvalue weighted by molar-refractivity contribution is 6.30. The highest BCUT2D eigenvalue weighted by atomic mass is 35.5. The van der Waals surface area contributed by atoms with Crippen LogP contribution in [0.1, 0.15) is 17.3 Å². The van der Waals surface area contributed by atoms with Crippen LogP contribution in [0, 0.1) is 0 Å². The van der Waals surface area contributed by atoms with Crippen LogP contribution in [0.5, 0.6) is 0 Å². The summed E-state index contributed by atoms with van der Waals surface area (Å²) in [5.41, 5.74) is 2.01. The lowest BCUT2D eigenvalue weighted by Crippen LogP contribution is -2.18. The van der Waals surface area contributed by atoms with E-state index in [0.717, 1.165) is 11.3 Å². The molecule has 4 heteroatoms. The van der Waals surface area contributed by atoms with Crippen molar-refractivity contribution >= 4 is 11.6 Å². The molecule has 0 aliphatic rings. The minimum absolute atomic E-state index is 0.0472. The Labute approximate surface area is 99.5 Å². The van der Waals surface area contributed by atoms with Crippen LogP contribution in [0.3, 0.4) is 0 Å². The smallest absolute Gasteiger partial charge is 0.0763 e. The van der Waals surface area contributed by atoms with E-state index >= 15 is 0 Å². The van der Waals surface area contributed by atoms with E-state index in [9.17, 15) is 0 Å². The van der Waals surface area contributed by atoms with Gasteiger partial charge in [-0.3, -0.25) is 9.97 Å². The van der Waals surface area contributed by atoms with Gasteiger partial charge >= 0.3 is 0 Å². The lowest BCUT2D eigenvalue weighted by Gasteiger charge is -2.15. The van der Waals surface area contributed by atoms with Crippen molar-refractivity contribution in [2.24, 2.45) is 0 Å². The molecule has 0 bridgehead atoms. The van der Waals surface area contributed by atoms with Gasteiger partial charge in [0.15, 0.2) is 0 Å². The van der Waals surface area contributed by atoms with Crippen molar-refractivity contribution in [1.29, 1.82) is 0 Å². The number of nitrogens with one attached hydrogen (secondary N) is 1. The van der Waals surface area contributed by atoms with Gasteiger partial charge in [-0.2, -0.15) is 0 Å². The molecule has 1 N–H and O–H groups in total. The third kappa shape index (κ3) is 2.38. The number of hydrogen-bond donors (Lipinski definition) is 1. The summed E-state index contributed by atoms with van der Waals surface area (Å²) in [5, 5.41) is 3.85.